The summed E-state index contributed by atoms with van der Waals surface area (Å²) in [5.74, 6) is 0. The van der Waals surface area contributed by atoms with Crippen molar-refractivity contribution < 1.29 is 13.3 Å². The molecule has 1 N–H and O–H groups in total. The molecule has 0 aliphatic carbocycles. The van der Waals surface area contributed by atoms with Crippen LogP contribution in [0.3, 0.4) is 0 Å². The van der Waals surface area contributed by atoms with Gasteiger partial charge in [0.05, 0.1) is 41.3 Å². The molecule has 0 amide bonds. The zero-order valence-electron chi connectivity index (χ0n) is 15.1. The largest absolute Gasteiger partial charge is 0.315 e. The molecular weight excluding hydrogens is 398 g/mol. The fourth-order valence-corrected chi connectivity index (χ4v) is 6.21. The van der Waals surface area contributed by atoms with Gasteiger partial charge in [-0.05, 0) is 43.4 Å². The molecule has 0 saturated carbocycles. The Morgan fingerprint density at radius 1 is 1.07 bits per heavy atom. The molecular formula is C19H22N3O2S3+. The second kappa shape index (κ2) is 7.44. The molecule has 3 aromatic rings. The third-order valence-corrected chi connectivity index (χ3v) is 8.39. The van der Waals surface area contributed by atoms with Gasteiger partial charge >= 0.3 is 0 Å². The Hall–Kier alpha value is -1.58. The van der Waals surface area contributed by atoms with E-state index < -0.39 is 10.0 Å². The maximum absolute atomic E-state index is 12.8. The maximum atomic E-state index is 12.8. The van der Waals surface area contributed by atoms with Crippen LogP contribution in [0.25, 0.3) is 10.2 Å². The fourth-order valence-electron chi connectivity index (χ4n) is 3.45. The minimum absolute atomic E-state index is 0.377. The lowest BCUT2D eigenvalue weighted by atomic mass is 10.2. The van der Waals surface area contributed by atoms with Gasteiger partial charge in [-0.3, -0.25) is 4.57 Å². The Balaban J connectivity index is 1.46. The summed E-state index contributed by atoms with van der Waals surface area (Å²) in [5.41, 5.74) is 2.22. The van der Waals surface area contributed by atoms with Gasteiger partial charge in [-0.1, -0.05) is 29.8 Å². The number of hydrogen-bond donors (Lipinski definition) is 1. The molecule has 4 rings (SSSR count). The van der Waals surface area contributed by atoms with Crippen molar-refractivity contribution in [3.8, 4) is 0 Å². The summed E-state index contributed by atoms with van der Waals surface area (Å²) in [7, 11) is -3.41. The standard InChI is InChI=1S/C19H21N3O2S3/c1-15-6-8-16(9-7-15)27(23,24)21-12-10-20(11-13-21)14-22-17-4-2-3-5-18(17)26-19(22)25/h2-9H,10-14H2,1H3/p+1. The Kier molecular flexibility index (Phi) is 5.17. The number of sulfonamides is 1. The molecule has 27 heavy (non-hydrogen) atoms. The Labute approximate surface area is 168 Å². The predicted molar refractivity (Wildman–Crippen MR) is 111 cm³/mol. The monoisotopic (exact) mass is 420 g/mol. The van der Waals surface area contributed by atoms with Gasteiger partial charge in [0.1, 0.15) is 0 Å². The van der Waals surface area contributed by atoms with Gasteiger partial charge in [-0.2, -0.15) is 4.31 Å². The molecule has 1 aromatic heterocycles. The summed E-state index contributed by atoms with van der Waals surface area (Å²) >= 11 is 7.17. The van der Waals surface area contributed by atoms with E-state index in [2.05, 4.69) is 16.7 Å². The molecule has 0 bridgehead atoms. The second-order valence-corrected chi connectivity index (χ2v) is 10.5. The predicted octanol–water partition coefficient (Wildman–Crippen LogP) is 2.29. The van der Waals surface area contributed by atoms with Crippen LogP contribution in [-0.4, -0.2) is 43.5 Å². The zero-order valence-corrected chi connectivity index (χ0v) is 17.5. The van der Waals surface area contributed by atoms with Crippen molar-refractivity contribution in [1.29, 1.82) is 0 Å². The van der Waals surface area contributed by atoms with Crippen molar-refractivity contribution in [2.24, 2.45) is 0 Å². The van der Waals surface area contributed by atoms with Gasteiger partial charge in [0.2, 0.25) is 10.0 Å². The zero-order chi connectivity index (χ0) is 19.0. The molecule has 0 spiro atoms. The molecule has 2 heterocycles. The third-order valence-electron chi connectivity index (χ3n) is 5.04. The van der Waals surface area contributed by atoms with Crippen LogP contribution in [0.2, 0.25) is 0 Å². The first-order valence-corrected chi connectivity index (χ1v) is 11.6. The van der Waals surface area contributed by atoms with Gasteiger partial charge in [0.15, 0.2) is 10.6 Å². The number of rotatable bonds is 4. The average molecular weight is 421 g/mol. The number of aryl methyl sites for hydroxylation is 1. The number of benzene rings is 2. The van der Waals surface area contributed by atoms with Crippen LogP contribution in [0, 0.1) is 10.9 Å². The van der Waals surface area contributed by atoms with E-state index >= 15 is 0 Å². The van der Waals surface area contributed by atoms with E-state index in [-0.39, 0.29) is 0 Å². The van der Waals surface area contributed by atoms with Gasteiger partial charge in [-0.15, -0.1) is 11.3 Å². The highest BCUT2D eigenvalue weighted by Crippen LogP contribution is 2.22. The lowest BCUT2D eigenvalue weighted by Gasteiger charge is -2.31. The minimum Gasteiger partial charge on any atom is -0.315 e. The van der Waals surface area contributed by atoms with E-state index in [1.807, 2.05) is 31.2 Å². The number of aromatic nitrogens is 1. The number of piperazine rings is 1. The summed E-state index contributed by atoms with van der Waals surface area (Å²) in [6.45, 7) is 5.34. The van der Waals surface area contributed by atoms with Gasteiger partial charge < -0.3 is 4.90 Å². The minimum atomic E-state index is -3.41. The molecule has 0 unspecified atom stereocenters. The summed E-state index contributed by atoms with van der Waals surface area (Å²) < 4.78 is 31.5. The van der Waals surface area contributed by atoms with E-state index in [4.69, 9.17) is 12.2 Å². The number of para-hydroxylation sites is 1. The van der Waals surface area contributed by atoms with E-state index in [9.17, 15) is 8.42 Å². The number of thiazole rings is 1. The topological polar surface area (TPSA) is 46.8 Å². The Morgan fingerprint density at radius 2 is 1.74 bits per heavy atom. The van der Waals surface area contributed by atoms with Crippen molar-refractivity contribution >= 4 is 43.8 Å². The quantitative estimate of drug-likeness (QED) is 0.659. The molecule has 1 saturated heterocycles. The molecule has 0 atom stereocenters. The van der Waals surface area contributed by atoms with Crippen molar-refractivity contribution in [2.45, 2.75) is 18.5 Å². The van der Waals surface area contributed by atoms with Crippen molar-refractivity contribution in [2.75, 3.05) is 26.2 Å². The van der Waals surface area contributed by atoms with Gasteiger partial charge in [0, 0.05) is 0 Å². The van der Waals surface area contributed by atoms with Crippen LogP contribution in [0.1, 0.15) is 5.56 Å². The number of quaternary nitrogens is 1. The van der Waals surface area contributed by atoms with Crippen molar-refractivity contribution in [3.05, 3.63) is 58.0 Å². The van der Waals surface area contributed by atoms with Crippen molar-refractivity contribution in [1.82, 2.24) is 8.87 Å². The average Bonchev–Trinajstić information content (AvgIpc) is 2.98. The van der Waals surface area contributed by atoms with Gasteiger partial charge in [-0.25, -0.2) is 8.42 Å². The highest BCUT2D eigenvalue weighted by Gasteiger charge is 2.30. The molecule has 1 fully saturated rings. The lowest BCUT2D eigenvalue weighted by Crippen LogP contribution is -3.14. The smallest absolute Gasteiger partial charge is 0.243 e. The van der Waals surface area contributed by atoms with Crippen LogP contribution in [0.4, 0.5) is 0 Å². The lowest BCUT2D eigenvalue weighted by molar-refractivity contribution is -0.926. The van der Waals surface area contributed by atoms with Crippen LogP contribution < -0.4 is 4.90 Å². The Bertz CT molecular complexity index is 1110. The van der Waals surface area contributed by atoms with Crippen LogP contribution >= 0.6 is 23.6 Å². The number of nitrogens with zero attached hydrogens (tertiary/aromatic N) is 2. The highest BCUT2D eigenvalue weighted by molar-refractivity contribution is 7.89. The fraction of sp³-hybridized carbons (Fsp3) is 0.316. The number of hydrogen-bond acceptors (Lipinski definition) is 4. The summed E-state index contributed by atoms with van der Waals surface area (Å²) in [6, 6.07) is 15.3. The molecule has 1 aliphatic rings. The SMILES string of the molecule is Cc1ccc(S(=O)(=O)N2CC[NH+](Cn3c(=S)sc4ccccc43)CC2)cc1. The van der Waals surface area contributed by atoms with E-state index in [1.165, 1.54) is 9.60 Å². The first kappa shape index (κ1) is 18.8. The molecule has 8 heteroatoms. The van der Waals surface area contributed by atoms with E-state index in [1.54, 1.807) is 27.8 Å². The molecule has 5 nitrogen and oxygen atoms in total. The number of nitrogens with one attached hydrogen (secondary N) is 1. The summed E-state index contributed by atoms with van der Waals surface area (Å²) in [6.07, 6.45) is 0. The molecule has 0 radical (unpaired) electrons. The first-order chi connectivity index (χ1) is 12.9. The third kappa shape index (κ3) is 3.72. The first-order valence-electron chi connectivity index (χ1n) is 8.94. The summed E-state index contributed by atoms with van der Waals surface area (Å²) in [5, 5.41) is 0. The Morgan fingerprint density at radius 3 is 2.44 bits per heavy atom. The summed E-state index contributed by atoms with van der Waals surface area (Å²) in [4.78, 5) is 1.73. The molecule has 2 aromatic carbocycles. The van der Waals surface area contributed by atoms with E-state index in [0.717, 1.165) is 34.8 Å². The molecule has 142 valence electrons. The molecule has 1 aliphatic heterocycles. The second-order valence-electron chi connectivity index (χ2n) is 6.89. The highest BCUT2D eigenvalue weighted by atomic mass is 32.2. The van der Waals surface area contributed by atoms with Crippen LogP contribution in [-0.2, 0) is 16.7 Å². The van der Waals surface area contributed by atoms with E-state index in [0.29, 0.717) is 18.0 Å². The van der Waals surface area contributed by atoms with Gasteiger partial charge in [0.25, 0.3) is 0 Å². The maximum Gasteiger partial charge on any atom is 0.243 e. The van der Waals surface area contributed by atoms with Crippen LogP contribution in [0.5, 0.6) is 0 Å². The van der Waals surface area contributed by atoms with Crippen LogP contribution in [0.15, 0.2) is 53.4 Å². The van der Waals surface area contributed by atoms with Crippen molar-refractivity contribution in [3.63, 3.8) is 0 Å². The normalized spacial score (nSPS) is 16.8. The number of fused-ring (bicyclic) bond motifs is 1.